The Balaban J connectivity index is 2.79. The zero-order valence-corrected chi connectivity index (χ0v) is 9.62. The summed E-state index contributed by atoms with van der Waals surface area (Å²) in [6.07, 6.45) is 0.0376. The minimum absolute atomic E-state index is 0.0376. The number of nitriles is 1. The maximum Gasteiger partial charge on any atom is 0.141 e. The predicted molar refractivity (Wildman–Crippen MR) is 60.7 cm³/mol. The van der Waals surface area contributed by atoms with Gasteiger partial charge in [-0.3, -0.25) is 0 Å². The van der Waals surface area contributed by atoms with E-state index in [1.807, 2.05) is 13.8 Å². The topological polar surface area (TPSA) is 45.0 Å². The van der Waals surface area contributed by atoms with Crippen molar-refractivity contribution in [2.24, 2.45) is 0 Å². The second-order valence-electron chi connectivity index (χ2n) is 3.68. The maximum atomic E-state index is 13.1. The monoisotopic (exact) mass is 222 g/mol. The van der Waals surface area contributed by atoms with Gasteiger partial charge in [0.1, 0.15) is 11.9 Å². The van der Waals surface area contributed by atoms with Gasteiger partial charge in [-0.25, -0.2) is 4.39 Å². The van der Waals surface area contributed by atoms with E-state index in [0.29, 0.717) is 5.69 Å². The van der Waals surface area contributed by atoms with E-state index in [9.17, 15) is 4.39 Å². The van der Waals surface area contributed by atoms with Gasteiger partial charge in [-0.15, -0.1) is 0 Å². The van der Waals surface area contributed by atoms with Gasteiger partial charge in [0.2, 0.25) is 0 Å². The number of ether oxygens (including phenoxy) is 1. The molecule has 1 rings (SSSR count). The molecule has 0 heterocycles. The number of nitrogens with zero attached hydrogens (tertiary/aromatic N) is 1. The smallest absolute Gasteiger partial charge is 0.141 e. The molecule has 86 valence electrons. The fourth-order valence-corrected chi connectivity index (χ4v) is 1.29. The van der Waals surface area contributed by atoms with Crippen LogP contribution in [-0.2, 0) is 4.74 Å². The quantitative estimate of drug-likeness (QED) is 0.851. The zero-order valence-electron chi connectivity index (χ0n) is 9.62. The molecule has 4 heteroatoms. The van der Waals surface area contributed by atoms with E-state index in [-0.39, 0.29) is 17.7 Å². The molecule has 16 heavy (non-hydrogen) atoms. The first-order chi connectivity index (χ1) is 7.58. The lowest BCUT2D eigenvalue weighted by Crippen LogP contribution is -2.29. The second kappa shape index (κ2) is 5.47. The summed E-state index contributed by atoms with van der Waals surface area (Å²) >= 11 is 0. The van der Waals surface area contributed by atoms with Crippen LogP contribution < -0.4 is 5.32 Å². The summed E-state index contributed by atoms with van der Waals surface area (Å²) in [5.41, 5.74) is 0.761. The number of anilines is 1. The molecule has 0 radical (unpaired) electrons. The first kappa shape index (κ1) is 12.5. The average molecular weight is 222 g/mol. The third kappa shape index (κ3) is 2.94. The Morgan fingerprint density at radius 3 is 2.69 bits per heavy atom. The molecule has 2 atom stereocenters. The molecular weight excluding hydrogens is 207 g/mol. The van der Waals surface area contributed by atoms with Gasteiger partial charge in [0.05, 0.1) is 11.7 Å². The lowest BCUT2D eigenvalue weighted by molar-refractivity contribution is 0.106. The van der Waals surface area contributed by atoms with Crippen LogP contribution in [0.25, 0.3) is 0 Å². The molecule has 0 spiro atoms. The molecule has 1 N–H and O–H groups in total. The van der Waals surface area contributed by atoms with Gasteiger partial charge in [-0.05, 0) is 32.0 Å². The van der Waals surface area contributed by atoms with Crippen molar-refractivity contribution >= 4 is 5.69 Å². The van der Waals surface area contributed by atoms with Gasteiger partial charge in [0, 0.05) is 18.8 Å². The van der Waals surface area contributed by atoms with E-state index in [4.69, 9.17) is 10.00 Å². The van der Waals surface area contributed by atoms with Crippen LogP contribution in [0.4, 0.5) is 10.1 Å². The Hall–Kier alpha value is -1.60. The van der Waals surface area contributed by atoms with Crippen LogP contribution in [0.5, 0.6) is 0 Å². The summed E-state index contributed by atoms with van der Waals surface area (Å²) in [6.45, 7) is 3.90. The third-order valence-corrected chi connectivity index (χ3v) is 2.56. The van der Waals surface area contributed by atoms with Crippen molar-refractivity contribution in [1.29, 1.82) is 5.26 Å². The summed E-state index contributed by atoms with van der Waals surface area (Å²) in [5, 5.41) is 11.8. The number of hydrogen-bond donors (Lipinski definition) is 1. The predicted octanol–water partition coefficient (Wildman–Crippen LogP) is 2.53. The summed E-state index contributed by atoms with van der Waals surface area (Å²) in [4.78, 5) is 0. The first-order valence-corrected chi connectivity index (χ1v) is 5.07. The van der Waals surface area contributed by atoms with Gasteiger partial charge >= 0.3 is 0 Å². The molecule has 3 nitrogen and oxygen atoms in total. The number of methoxy groups -OCH3 is 1. The van der Waals surface area contributed by atoms with E-state index >= 15 is 0 Å². The van der Waals surface area contributed by atoms with Gasteiger partial charge in [-0.2, -0.15) is 5.26 Å². The first-order valence-electron chi connectivity index (χ1n) is 5.07. The van der Waals surface area contributed by atoms with Gasteiger partial charge in [0.15, 0.2) is 0 Å². The van der Waals surface area contributed by atoms with Crippen molar-refractivity contribution in [3.8, 4) is 6.07 Å². The van der Waals surface area contributed by atoms with Crippen molar-refractivity contribution in [2.75, 3.05) is 12.4 Å². The molecule has 0 aromatic heterocycles. The number of nitrogens with one attached hydrogen (secondary N) is 1. The van der Waals surface area contributed by atoms with Crippen LogP contribution in [-0.4, -0.2) is 19.3 Å². The number of halogens is 1. The molecule has 0 aliphatic rings. The Labute approximate surface area is 94.8 Å². The minimum atomic E-state index is -0.500. The minimum Gasteiger partial charge on any atom is -0.380 e. The van der Waals surface area contributed by atoms with E-state index in [2.05, 4.69) is 5.32 Å². The van der Waals surface area contributed by atoms with E-state index in [0.717, 1.165) is 0 Å². The van der Waals surface area contributed by atoms with Crippen molar-refractivity contribution in [1.82, 2.24) is 0 Å². The van der Waals surface area contributed by atoms with Crippen LogP contribution in [0.15, 0.2) is 18.2 Å². The molecular formula is C12H15FN2O. The second-order valence-corrected chi connectivity index (χ2v) is 3.68. The molecule has 2 unspecified atom stereocenters. The molecule has 0 aliphatic heterocycles. The summed E-state index contributed by atoms with van der Waals surface area (Å²) < 4.78 is 18.2. The highest BCUT2D eigenvalue weighted by Gasteiger charge is 2.11. The summed E-state index contributed by atoms with van der Waals surface area (Å²) in [5.74, 6) is -0.500. The normalized spacial score (nSPS) is 13.9. The fraction of sp³-hybridized carbons (Fsp3) is 0.417. The Bertz CT molecular complexity index is 400. The van der Waals surface area contributed by atoms with Crippen LogP contribution in [0.1, 0.15) is 19.4 Å². The van der Waals surface area contributed by atoms with E-state index in [1.54, 1.807) is 19.2 Å². The molecule has 1 aromatic carbocycles. The Morgan fingerprint density at radius 2 is 2.12 bits per heavy atom. The van der Waals surface area contributed by atoms with Crippen molar-refractivity contribution in [2.45, 2.75) is 26.0 Å². The van der Waals surface area contributed by atoms with E-state index < -0.39 is 5.82 Å². The fourth-order valence-electron chi connectivity index (χ4n) is 1.29. The summed E-state index contributed by atoms with van der Waals surface area (Å²) in [6, 6.07) is 6.27. The molecule has 0 amide bonds. The SMILES string of the molecule is COC(C)C(C)Nc1ccc(F)c(C#N)c1. The lowest BCUT2D eigenvalue weighted by Gasteiger charge is -2.21. The van der Waals surface area contributed by atoms with Crippen LogP contribution in [0.3, 0.4) is 0 Å². The molecule has 0 saturated carbocycles. The van der Waals surface area contributed by atoms with Crippen molar-refractivity contribution in [3.05, 3.63) is 29.6 Å². The highest BCUT2D eigenvalue weighted by molar-refractivity contribution is 5.50. The van der Waals surface area contributed by atoms with Crippen LogP contribution in [0, 0.1) is 17.1 Å². The molecule has 0 bridgehead atoms. The zero-order chi connectivity index (χ0) is 12.1. The third-order valence-electron chi connectivity index (χ3n) is 2.56. The van der Waals surface area contributed by atoms with Crippen LogP contribution >= 0.6 is 0 Å². The maximum absolute atomic E-state index is 13.1. The average Bonchev–Trinajstić information content (AvgIpc) is 2.30. The van der Waals surface area contributed by atoms with E-state index in [1.165, 1.54) is 12.1 Å². The Kier molecular flexibility index (Phi) is 4.27. The highest BCUT2D eigenvalue weighted by Crippen LogP contribution is 2.15. The Morgan fingerprint density at radius 1 is 1.44 bits per heavy atom. The van der Waals surface area contributed by atoms with Crippen LogP contribution in [0.2, 0.25) is 0 Å². The molecule has 1 aromatic rings. The van der Waals surface area contributed by atoms with Crippen molar-refractivity contribution < 1.29 is 9.13 Å². The van der Waals surface area contributed by atoms with Gasteiger partial charge in [0.25, 0.3) is 0 Å². The largest absolute Gasteiger partial charge is 0.380 e. The van der Waals surface area contributed by atoms with Gasteiger partial charge < -0.3 is 10.1 Å². The van der Waals surface area contributed by atoms with Gasteiger partial charge in [-0.1, -0.05) is 0 Å². The molecule has 0 aliphatic carbocycles. The summed E-state index contributed by atoms with van der Waals surface area (Å²) in [7, 11) is 1.63. The highest BCUT2D eigenvalue weighted by atomic mass is 19.1. The molecule has 0 fully saturated rings. The number of hydrogen-bond acceptors (Lipinski definition) is 3. The number of benzene rings is 1. The lowest BCUT2D eigenvalue weighted by atomic mass is 10.1. The molecule has 0 saturated heterocycles. The standard InChI is InChI=1S/C12H15FN2O/c1-8(9(2)16-3)15-11-4-5-12(13)10(6-11)7-14/h4-6,8-9,15H,1-3H3. The van der Waals surface area contributed by atoms with Crippen molar-refractivity contribution in [3.63, 3.8) is 0 Å². The number of rotatable bonds is 4.